The highest BCUT2D eigenvalue weighted by molar-refractivity contribution is 5.96. The number of rotatable bonds is 4. The van der Waals surface area contributed by atoms with E-state index in [4.69, 9.17) is 4.98 Å². The van der Waals surface area contributed by atoms with Crippen molar-refractivity contribution in [2.75, 3.05) is 0 Å². The first kappa shape index (κ1) is 20.1. The van der Waals surface area contributed by atoms with E-state index in [1.807, 2.05) is 6.07 Å². The summed E-state index contributed by atoms with van der Waals surface area (Å²) in [5.41, 5.74) is 4.62. The highest BCUT2D eigenvalue weighted by Gasteiger charge is 2.28. The minimum Gasteiger partial charge on any atom is -0.327 e. The van der Waals surface area contributed by atoms with Crippen LogP contribution < -0.4 is 0 Å². The maximum absolute atomic E-state index is 13.9. The molecule has 0 radical (unpaired) electrons. The summed E-state index contributed by atoms with van der Waals surface area (Å²) >= 11 is 0. The summed E-state index contributed by atoms with van der Waals surface area (Å²) < 4.78 is 29.4. The van der Waals surface area contributed by atoms with Crippen LogP contribution in [0.5, 0.6) is 0 Å². The molecule has 0 unspecified atom stereocenters. The summed E-state index contributed by atoms with van der Waals surface area (Å²) in [6, 6.07) is 12.3. The fourth-order valence-corrected chi connectivity index (χ4v) is 5.19. The predicted molar refractivity (Wildman–Crippen MR) is 116 cm³/mol. The molecule has 1 aromatic heterocycles. The zero-order chi connectivity index (χ0) is 21.4. The Balaban J connectivity index is 1.51. The molecule has 0 spiro atoms. The van der Waals surface area contributed by atoms with Crippen LogP contribution in [-0.4, -0.2) is 15.3 Å². The van der Waals surface area contributed by atoms with Gasteiger partial charge in [0.2, 0.25) is 0 Å². The third kappa shape index (κ3) is 3.82. The highest BCUT2D eigenvalue weighted by atomic mass is 19.2. The van der Waals surface area contributed by atoms with Crippen molar-refractivity contribution in [2.24, 2.45) is 0 Å². The van der Waals surface area contributed by atoms with Crippen molar-refractivity contribution in [3.05, 3.63) is 76.6 Å². The van der Waals surface area contributed by atoms with E-state index >= 15 is 0 Å². The first-order valence-corrected chi connectivity index (χ1v) is 11.3. The second kappa shape index (κ2) is 8.37. The van der Waals surface area contributed by atoms with Gasteiger partial charge in [0, 0.05) is 24.2 Å². The van der Waals surface area contributed by atoms with Crippen LogP contribution >= 0.6 is 0 Å². The lowest BCUT2D eigenvalue weighted by molar-refractivity contribution is 0.0965. The Bertz CT molecular complexity index is 1130. The van der Waals surface area contributed by atoms with Crippen LogP contribution in [0.2, 0.25) is 0 Å². The third-order valence-corrected chi connectivity index (χ3v) is 6.74. The second-order valence-corrected chi connectivity index (χ2v) is 8.74. The fourth-order valence-electron chi connectivity index (χ4n) is 5.19. The van der Waals surface area contributed by atoms with Gasteiger partial charge in [0.1, 0.15) is 11.5 Å². The molecular formula is C26H26F2N2O. The minimum absolute atomic E-state index is 0.0567. The number of imidazole rings is 1. The molecule has 5 heteroatoms. The molecule has 2 heterocycles. The largest absolute Gasteiger partial charge is 0.327 e. The maximum atomic E-state index is 13.9. The molecule has 3 aromatic rings. The van der Waals surface area contributed by atoms with Gasteiger partial charge in [-0.15, -0.1) is 0 Å². The number of benzene rings is 2. The van der Waals surface area contributed by atoms with Crippen LogP contribution in [0.1, 0.15) is 71.8 Å². The number of hydrogen-bond acceptors (Lipinski definition) is 2. The summed E-state index contributed by atoms with van der Waals surface area (Å²) in [5.74, 6) is -0.925. The Morgan fingerprint density at radius 1 is 1.00 bits per heavy atom. The molecule has 0 saturated heterocycles. The van der Waals surface area contributed by atoms with Gasteiger partial charge in [0.25, 0.3) is 0 Å². The molecule has 1 atom stereocenters. The summed E-state index contributed by atoms with van der Waals surface area (Å²) in [5, 5.41) is 0. The SMILES string of the molecule is O=C(C[C@@H]1CCCc2ccccc21)c1nc(-c2ccc(F)c(F)c2)n2c1CCCCC2. The molecule has 0 saturated carbocycles. The van der Waals surface area contributed by atoms with E-state index in [1.54, 1.807) is 6.07 Å². The number of aryl methyl sites for hydroxylation is 1. The molecule has 0 bridgehead atoms. The van der Waals surface area contributed by atoms with Crippen LogP contribution in [0.3, 0.4) is 0 Å². The van der Waals surface area contributed by atoms with Crippen LogP contribution in [0.15, 0.2) is 42.5 Å². The average molecular weight is 421 g/mol. The number of ketones is 1. The van der Waals surface area contributed by atoms with E-state index in [0.29, 0.717) is 23.5 Å². The summed E-state index contributed by atoms with van der Waals surface area (Å²) in [4.78, 5) is 18.2. The average Bonchev–Trinajstić information content (AvgIpc) is 2.97. The molecule has 160 valence electrons. The van der Waals surface area contributed by atoms with Crippen LogP contribution in [0.25, 0.3) is 11.4 Å². The molecular weight excluding hydrogens is 394 g/mol. The Morgan fingerprint density at radius 2 is 1.87 bits per heavy atom. The standard InChI is InChI=1S/C26H26F2N2O/c27-21-13-12-19(15-22(21)28)26-29-25(23-11-2-1-5-14-30(23)26)24(31)16-18-9-6-8-17-7-3-4-10-20(17)18/h3-4,7,10,12-13,15,18H,1-2,5-6,8-9,11,14,16H2/t18-/m0/s1. The van der Waals surface area contributed by atoms with Crippen LogP contribution in [-0.2, 0) is 19.4 Å². The predicted octanol–water partition coefficient (Wildman–Crippen LogP) is 6.25. The van der Waals surface area contributed by atoms with Crippen LogP contribution in [0.4, 0.5) is 8.78 Å². The Morgan fingerprint density at radius 3 is 2.74 bits per heavy atom. The van der Waals surface area contributed by atoms with E-state index in [-0.39, 0.29) is 11.7 Å². The van der Waals surface area contributed by atoms with Gasteiger partial charge in [0.05, 0.1) is 0 Å². The van der Waals surface area contributed by atoms with E-state index < -0.39 is 11.6 Å². The summed E-state index contributed by atoms with van der Waals surface area (Å²) in [6.07, 6.45) is 7.49. The quantitative estimate of drug-likeness (QED) is 0.468. The van der Waals surface area contributed by atoms with Crippen molar-refractivity contribution >= 4 is 5.78 Å². The number of halogens is 2. The fraction of sp³-hybridized carbons (Fsp3) is 0.385. The van der Waals surface area contributed by atoms with Gasteiger partial charge in [-0.1, -0.05) is 30.7 Å². The van der Waals surface area contributed by atoms with E-state index in [0.717, 1.165) is 63.3 Å². The lowest BCUT2D eigenvalue weighted by Crippen LogP contribution is -2.15. The normalized spacial score (nSPS) is 18.2. The van der Waals surface area contributed by atoms with Gasteiger partial charge in [-0.2, -0.15) is 0 Å². The zero-order valence-electron chi connectivity index (χ0n) is 17.5. The van der Waals surface area contributed by atoms with E-state index in [9.17, 15) is 13.6 Å². The van der Waals surface area contributed by atoms with Crippen molar-refractivity contribution in [1.82, 2.24) is 9.55 Å². The number of fused-ring (bicyclic) bond motifs is 2. The van der Waals surface area contributed by atoms with Crippen molar-refractivity contribution in [3.63, 3.8) is 0 Å². The number of nitrogens with zero attached hydrogens (tertiary/aromatic N) is 2. The summed E-state index contributed by atoms with van der Waals surface area (Å²) in [7, 11) is 0. The van der Waals surface area contributed by atoms with E-state index in [1.165, 1.54) is 17.2 Å². The van der Waals surface area contributed by atoms with Crippen molar-refractivity contribution in [1.29, 1.82) is 0 Å². The van der Waals surface area contributed by atoms with Crippen LogP contribution in [0, 0.1) is 11.6 Å². The van der Waals surface area contributed by atoms with Gasteiger partial charge < -0.3 is 4.57 Å². The Labute approximate surface area is 181 Å². The summed E-state index contributed by atoms with van der Waals surface area (Å²) in [6.45, 7) is 0.746. The third-order valence-electron chi connectivity index (χ3n) is 6.74. The first-order valence-electron chi connectivity index (χ1n) is 11.3. The number of aromatic nitrogens is 2. The molecule has 0 N–H and O–H groups in total. The van der Waals surface area contributed by atoms with Crippen molar-refractivity contribution in [2.45, 2.75) is 63.8 Å². The number of carbonyl (C=O) groups is 1. The van der Waals surface area contributed by atoms with Gasteiger partial charge in [-0.3, -0.25) is 4.79 Å². The van der Waals surface area contributed by atoms with Gasteiger partial charge >= 0.3 is 0 Å². The second-order valence-electron chi connectivity index (χ2n) is 8.74. The van der Waals surface area contributed by atoms with Gasteiger partial charge in [0.15, 0.2) is 17.4 Å². The highest BCUT2D eigenvalue weighted by Crippen LogP contribution is 2.36. The zero-order valence-corrected chi connectivity index (χ0v) is 17.5. The van der Waals surface area contributed by atoms with Crippen molar-refractivity contribution in [3.8, 4) is 11.4 Å². The monoisotopic (exact) mass is 420 g/mol. The Hall–Kier alpha value is -2.82. The number of carbonyl (C=O) groups excluding carboxylic acids is 1. The molecule has 2 aliphatic rings. The molecule has 0 fully saturated rings. The smallest absolute Gasteiger partial charge is 0.183 e. The molecule has 5 rings (SSSR count). The molecule has 1 aliphatic heterocycles. The molecule has 3 nitrogen and oxygen atoms in total. The lowest BCUT2D eigenvalue weighted by Gasteiger charge is -2.24. The molecule has 2 aromatic carbocycles. The van der Waals surface area contributed by atoms with Gasteiger partial charge in [-0.25, -0.2) is 13.8 Å². The minimum atomic E-state index is -0.893. The molecule has 0 amide bonds. The van der Waals surface area contributed by atoms with Gasteiger partial charge in [-0.05, 0) is 73.8 Å². The number of Topliss-reactive ketones (excluding diaryl/α,β-unsaturated/α-hetero) is 1. The van der Waals surface area contributed by atoms with E-state index in [2.05, 4.69) is 22.8 Å². The van der Waals surface area contributed by atoms with Crippen molar-refractivity contribution < 1.29 is 13.6 Å². The molecule has 1 aliphatic carbocycles. The maximum Gasteiger partial charge on any atom is 0.183 e. The first-order chi connectivity index (χ1) is 15.1. The molecule has 31 heavy (non-hydrogen) atoms. The lowest BCUT2D eigenvalue weighted by atomic mass is 9.80. The Kier molecular flexibility index (Phi) is 5.43. The number of hydrogen-bond donors (Lipinski definition) is 0. The topological polar surface area (TPSA) is 34.9 Å².